The molecule has 0 aromatic heterocycles. The van der Waals surface area contributed by atoms with Gasteiger partial charge in [-0.3, -0.25) is 0 Å². The zero-order chi connectivity index (χ0) is 9.14. The molecular formula is C8H16O4. The Morgan fingerprint density at radius 1 is 1.58 bits per heavy atom. The van der Waals surface area contributed by atoms with Gasteiger partial charge in [0.1, 0.15) is 0 Å². The summed E-state index contributed by atoms with van der Waals surface area (Å²) < 4.78 is 10.3. The molecule has 0 amide bonds. The van der Waals surface area contributed by atoms with Gasteiger partial charge in [0.15, 0.2) is 6.29 Å². The topological polar surface area (TPSA) is 58.9 Å². The number of hydrogen-bond acceptors (Lipinski definition) is 4. The molecular weight excluding hydrogens is 160 g/mol. The van der Waals surface area contributed by atoms with E-state index in [-0.39, 0.29) is 18.6 Å². The van der Waals surface area contributed by atoms with E-state index in [1.165, 1.54) is 7.11 Å². The van der Waals surface area contributed by atoms with Crippen LogP contribution in [0.1, 0.15) is 13.3 Å². The summed E-state index contributed by atoms with van der Waals surface area (Å²) in [6, 6.07) is 0. The lowest BCUT2D eigenvalue weighted by Gasteiger charge is -2.36. The number of methoxy groups -OCH3 is 1. The van der Waals surface area contributed by atoms with Gasteiger partial charge in [0, 0.05) is 19.4 Å². The van der Waals surface area contributed by atoms with Gasteiger partial charge in [0.2, 0.25) is 0 Å². The van der Waals surface area contributed by atoms with Gasteiger partial charge in [0.05, 0.1) is 18.8 Å². The molecule has 1 heterocycles. The lowest BCUT2D eigenvalue weighted by atomic mass is 9.95. The number of aliphatic hydroxyl groups is 2. The molecule has 4 nitrogen and oxygen atoms in total. The summed E-state index contributed by atoms with van der Waals surface area (Å²) in [6.45, 7) is 1.80. The van der Waals surface area contributed by atoms with Crippen molar-refractivity contribution >= 4 is 0 Å². The van der Waals surface area contributed by atoms with E-state index in [1.54, 1.807) is 0 Å². The number of hydrogen-bond donors (Lipinski definition) is 2. The molecule has 0 aromatic carbocycles. The Hall–Kier alpha value is -0.160. The summed E-state index contributed by atoms with van der Waals surface area (Å²) in [5.41, 5.74) is 0. The molecule has 1 aliphatic rings. The third-order valence-corrected chi connectivity index (χ3v) is 2.30. The molecule has 0 spiro atoms. The van der Waals surface area contributed by atoms with Gasteiger partial charge in [0.25, 0.3) is 0 Å². The van der Waals surface area contributed by atoms with Gasteiger partial charge in [-0.1, -0.05) is 6.92 Å². The summed E-state index contributed by atoms with van der Waals surface area (Å²) in [5.74, 6) is -0.0298. The third kappa shape index (κ3) is 1.95. The van der Waals surface area contributed by atoms with E-state index in [4.69, 9.17) is 14.6 Å². The van der Waals surface area contributed by atoms with E-state index in [0.717, 1.165) is 0 Å². The minimum Gasteiger partial charge on any atom is -0.394 e. The van der Waals surface area contributed by atoms with E-state index < -0.39 is 12.4 Å². The summed E-state index contributed by atoms with van der Waals surface area (Å²) in [4.78, 5) is 0. The summed E-state index contributed by atoms with van der Waals surface area (Å²) in [7, 11) is 1.54. The van der Waals surface area contributed by atoms with E-state index in [0.29, 0.717) is 6.42 Å². The number of aliphatic hydroxyl groups excluding tert-OH is 2. The first-order valence-corrected chi connectivity index (χ1v) is 4.16. The van der Waals surface area contributed by atoms with Gasteiger partial charge >= 0.3 is 0 Å². The highest BCUT2D eigenvalue weighted by molar-refractivity contribution is 4.78. The molecule has 1 fully saturated rings. The predicted octanol–water partition coefficient (Wildman–Crippen LogP) is -0.263. The van der Waals surface area contributed by atoms with Gasteiger partial charge in [-0.2, -0.15) is 0 Å². The van der Waals surface area contributed by atoms with Crippen molar-refractivity contribution in [3.63, 3.8) is 0 Å². The van der Waals surface area contributed by atoms with Crippen molar-refractivity contribution in [3.8, 4) is 0 Å². The van der Waals surface area contributed by atoms with Gasteiger partial charge < -0.3 is 19.7 Å². The van der Waals surface area contributed by atoms with Crippen LogP contribution in [0.5, 0.6) is 0 Å². The lowest BCUT2D eigenvalue weighted by Crippen LogP contribution is -2.44. The summed E-state index contributed by atoms with van der Waals surface area (Å²) >= 11 is 0. The summed E-state index contributed by atoms with van der Waals surface area (Å²) in [5, 5.41) is 18.3. The zero-order valence-corrected chi connectivity index (χ0v) is 7.43. The van der Waals surface area contributed by atoms with Crippen molar-refractivity contribution in [2.24, 2.45) is 5.92 Å². The van der Waals surface area contributed by atoms with E-state index >= 15 is 0 Å². The minimum absolute atomic E-state index is 0.0298. The predicted molar refractivity (Wildman–Crippen MR) is 42.5 cm³/mol. The van der Waals surface area contributed by atoms with E-state index in [9.17, 15) is 5.11 Å². The largest absolute Gasteiger partial charge is 0.394 e. The Balaban J connectivity index is 2.52. The fourth-order valence-corrected chi connectivity index (χ4v) is 1.42. The standard InChI is InChI=1S/C8H16O4/c1-5-7(10)3-6(4-9)12-8(5)11-2/h5-10H,3-4H2,1-2H3. The Bertz CT molecular complexity index is 139. The molecule has 4 heteroatoms. The van der Waals surface area contributed by atoms with Crippen LogP contribution in [0, 0.1) is 5.92 Å². The Morgan fingerprint density at radius 3 is 2.75 bits per heavy atom. The molecule has 12 heavy (non-hydrogen) atoms. The van der Waals surface area contributed by atoms with Crippen molar-refractivity contribution in [2.75, 3.05) is 13.7 Å². The van der Waals surface area contributed by atoms with Crippen LogP contribution < -0.4 is 0 Å². The lowest BCUT2D eigenvalue weighted by molar-refractivity contribution is -0.238. The van der Waals surface area contributed by atoms with Crippen molar-refractivity contribution in [3.05, 3.63) is 0 Å². The maximum absolute atomic E-state index is 9.51. The van der Waals surface area contributed by atoms with E-state index in [2.05, 4.69) is 0 Å². The monoisotopic (exact) mass is 176 g/mol. The highest BCUT2D eigenvalue weighted by atomic mass is 16.7. The smallest absolute Gasteiger partial charge is 0.162 e. The summed E-state index contributed by atoms with van der Waals surface area (Å²) in [6.07, 6.45) is -0.648. The third-order valence-electron chi connectivity index (χ3n) is 2.30. The Kier molecular flexibility index (Phi) is 3.46. The van der Waals surface area contributed by atoms with E-state index in [1.807, 2.05) is 6.92 Å². The molecule has 0 aliphatic carbocycles. The molecule has 1 rings (SSSR count). The minimum atomic E-state index is -0.444. The van der Waals surface area contributed by atoms with Crippen LogP contribution >= 0.6 is 0 Å². The maximum atomic E-state index is 9.51. The van der Waals surface area contributed by atoms with Crippen LogP contribution in [0.4, 0.5) is 0 Å². The molecule has 4 unspecified atom stereocenters. The van der Waals surface area contributed by atoms with Crippen molar-refractivity contribution in [1.82, 2.24) is 0 Å². The number of rotatable bonds is 2. The van der Waals surface area contributed by atoms with Crippen LogP contribution in [0.3, 0.4) is 0 Å². The van der Waals surface area contributed by atoms with Gasteiger partial charge in [-0.25, -0.2) is 0 Å². The second-order valence-corrected chi connectivity index (χ2v) is 3.21. The van der Waals surface area contributed by atoms with Crippen molar-refractivity contribution in [2.45, 2.75) is 31.8 Å². The van der Waals surface area contributed by atoms with Gasteiger partial charge in [-0.15, -0.1) is 0 Å². The molecule has 0 saturated carbocycles. The highest BCUT2D eigenvalue weighted by Crippen LogP contribution is 2.25. The fourth-order valence-electron chi connectivity index (χ4n) is 1.42. The average molecular weight is 176 g/mol. The first-order chi connectivity index (χ1) is 5.69. The average Bonchev–Trinajstić information content (AvgIpc) is 2.09. The van der Waals surface area contributed by atoms with Crippen LogP contribution in [-0.4, -0.2) is 42.4 Å². The highest BCUT2D eigenvalue weighted by Gasteiger charge is 2.34. The zero-order valence-electron chi connectivity index (χ0n) is 7.43. The van der Waals surface area contributed by atoms with Crippen molar-refractivity contribution < 1.29 is 19.7 Å². The molecule has 1 aliphatic heterocycles. The molecule has 72 valence electrons. The molecule has 1 saturated heterocycles. The van der Waals surface area contributed by atoms with Crippen LogP contribution in [0.25, 0.3) is 0 Å². The fraction of sp³-hybridized carbons (Fsp3) is 1.00. The molecule has 2 N–H and O–H groups in total. The van der Waals surface area contributed by atoms with Crippen molar-refractivity contribution in [1.29, 1.82) is 0 Å². The van der Waals surface area contributed by atoms with Crippen LogP contribution in [0.15, 0.2) is 0 Å². The molecule has 0 radical (unpaired) electrons. The normalized spacial score (nSPS) is 43.0. The first kappa shape index (κ1) is 9.92. The second kappa shape index (κ2) is 4.18. The molecule has 0 aromatic rings. The second-order valence-electron chi connectivity index (χ2n) is 3.21. The van der Waals surface area contributed by atoms with Crippen LogP contribution in [0.2, 0.25) is 0 Å². The van der Waals surface area contributed by atoms with Crippen LogP contribution in [-0.2, 0) is 9.47 Å². The molecule has 0 bridgehead atoms. The molecule has 4 atom stereocenters. The SMILES string of the molecule is COC1OC(CO)CC(O)C1C. The number of ether oxygens (including phenoxy) is 2. The van der Waals surface area contributed by atoms with Gasteiger partial charge in [-0.05, 0) is 0 Å². The Labute approximate surface area is 72.1 Å². The first-order valence-electron chi connectivity index (χ1n) is 4.16. The maximum Gasteiger partial charge on any atom is 0.162 e. The quantitative estimate of drug-likeness (QED) is 0.608. The Morgan fingerprint density at radius 2 is 2.25 bits per heavy atom.